The van der Waals surface area contributed by atoms with Crippen LogP contribution in [0.15, 0.2) is 18.2 Å². The summed E-state index contributed by atoms with van der Waals surface area (Å²) in [6.07, 6.45) is 2.78. The Morgan fingerprint density at radius 2 is 2.08 bits per heavy atom. The Labute approximate surface area is 151 Å². The topological polar surface area (TPSA) is 44.7 Å². The molecule has 0 aromatic heterocycles. The van der Waals surface area contributed by atoms with Gasteiger partial charge in [-0.3, -0.25) is 0 Å². The second-order valence-corrected chi connectivity index (χ2v) is 8.90. The van der Waals surface area contributed by atoms with Gasteiger partial charge in [0.05, 0.1) is 12.7 Å². The molecule has 1 saturated carbocycles. The molecule has 4 nitrogen and oxygen atoms in total. The summed E-state index contributed by atoms with van der Waals surface area (Å²) in [5.41, 5.74) is 2.91. The van der Waals surface area contributed by atoms with E-state index in [1.807, 2.05) is 0 Å². The number of likely N-dealkylation sites (tertiary alicyclic amines) is 1. The van der Waals surface area contributed by atoms with Gasteiger partial charge in [0.25, 0.3) is 0 Å². The van der Waals surface area contributed by atoms with E-state index < -0.39 is 0 Å². The molecule has 1 saturated heterocycles. The van der Waals surface area contributed by atoms with Crippen molar-refractivity contribution in [3.05, 3.63) is 29.3 Å². The van der Waals surface area contributed by atoms with Crippen molar-refractivity contribution in [3.63, 3.8) is 0 Å². The monoisotopic (exact) mass is 344 g/mol. The van der Waals surface area contributed by atoms with Crippen LogP contribution in [0.3, 0.4) is 0 Å². The number of aliphatic hydroxyl groups excluding tert-OH is 1. The normalized spacial score (nSPS) is 35.7. The van der Waals surface area contributed by atoms with Crippen molar-refractivity contribution >= 4 is 0 Å². The molecule has 4 rings (SSSR count). The minimum atomic E-state index is -0.241. The molecule has 25 heavy (non-hydrogen) atoms. The van der Waals surface area contributed by atoms with E-state index in [9.17, 15) is 5.11 Å². The zero-order chi connectivity index (χ0) is 17.8. The van der Waals surface area contributed by atoms with Crippen LogP contribution in [0.4, 0.5) is 0 Å². The number of hydrogen-bond acceptors (Lipinski definition) is 4. The lowest BCUT2D eigenvalue weighted by Crippen LogP contribution is -2.64. The van der Waals surface area contributed by atoms with Crippen LogP contribution in [0, 0.1) is 11.3 Å². The molecule has 0 amide bonds. The maximum atomic E-state index is 10.7. The first kappa shape index (κ1) is 17.3. The van der Waals surface area contributed by atoms with Crippen molar-refractivity contribution in [2.24, 2.45) is 11.3 Å². The summed E-state index contributed by atoms with van der Waals surface area (Å²) in [5, 5.41) is 14.4. The van der Waals surface area contributed by atoms with Crippen LogP contribution in [-0.4, -0.2) is 48.4 Å². The molecule has 4 heteroatoms. The van der Waals surface area contributed by atoms with Crippen LogP contribution < -0.4 is 10.1 Å². The Morgan fingerprint density at radius 1 is 1.28 bits per heavy atom. The molecule has 3 unspecified atom stereocenters. The molecule has 2 heterocycles. The second kappa shape index (κ2) is 6.26. The molecule has 1 aliphatic carbocycles. The highest BCUT2D eigenvalue weighted by Crippen LogP contribution is 2.52. The van der Waals surface area contributed by atoms with Gasteiger partial charge in [-0.15, -0.1) is 0 Å². The maximum absolute atomic E-state index is 10.7. The highest BCUT2D eigenvalue weighted by molar-refractivity contribution is 5.40. The van der Waals surface area contributed by atoms with E-state index in [1.165, 1.54) is 11.1 Å². The summed E-state index contributed by atoms with van der Waals surface area (Å²) in [5.74, 6) is 1.67. The minimum Gasteiger partial charge on any atom is -0.493 e. The molecular weight excluding hydrogens is 312 g/mol. The maximum Gasteiger partial charge on any atom is 0.122 e. The SMILES string of the molecule is CC(N[C@@H]1CC2(C[C@H]1O)CN(C)C2C(C)C)c1ccc2c(c1)CCO2. The van der Waals surface area contributed by atoms with Gasteiger partial charge in [-0.25, -0.2) is 0 Å². The van der Waals surface area contributed by atoms with Crippen LogP contribution >= 0.6 is 0 Å². The van der Waals surface area contributed by atoms with Gasteiger partial charge in [0.1, 0.15) is 5.75 Å². The van der Waals surface area contributed by atoms with Crippen molar-refractivity contribution < 1.29 is 9.84 Å². The number of nitrogens with one attached hydrogen (secondary N) is 1. The molecule has 1 aromatic rings. The number of nitrogens with zero attached hydrogens (tertiary/aromatic N) is 1. The zero-order valence-electron chi connectivity index (χ0n) is 16.0. The highest BCUT2D eigenvalue weighted by atomic mass is 16.5. The van der Waals surface area contributed by atoms with Gasteiger partial charge in [-0.2, -0.15) is 0 Å². The molecule has 2 aliphatic heterocycles. The Morgan fingerprint density at radius 3 is 2.80 bits per heavy atom. The third kappa shape index (κ3) is 2.88. The molecule has 1 spiro atoms. The van der Waals surface area contributed by atoms with Crippen molar-refractivity contribution in [2.45, 2.75) is 64.3 Å². The first-order valence-electron chi connectivity index (χ1n) is 9.79. The standard InChI is InChI=1S/C21H32N2O2/c1-13(2)20-21(12-23(20)4)10-17(18(24)11-21)22-14(3)15-5-6-19-16(9-15)7-8-25-19/h5-6,9,13-14,17-18,20,22,24H,7-8,10-12H2,1-4H3/t14?,17-,18-,20?,21?/m1/s1. The van der Waals surface area contributed by atoms with E-state index in [0.717, 1.165) is 38.2 Å². The number of fused-ring (bicyclic) bond motifs is 1. The highest BCUT2D eigenvalue weighted by Gasteiger charge is 2.58. The van der Waals surface area contributed by atoms with Crippen LogP contribution in [0.1, 0.15) is 50.8 Å². The Bertz CT molecular complexity index is 642. The van der Waals surface area contributed by atoms with E-state index in [-0.39, 0.29) is 18.2 Å². The average Bonchev–Trinajstić information content (AvgIpc) is 3.11. The fourth-order valence-electron chi connectivity index (χ4n) is 5.91. The first-order valence-corrected chi connectivity index (χ1v) is 9.79. The lowest BCUT2D eigenvalue weighted by atomic mass is 9.66. The molecule has 2 fully saturated rings. The molecular formula is C21H32N2O2. The van der Waals surface area contributed by atoms with Gasteiger partial charge in [0, 0.05) is 36.5 Å². The smallest absolute Gasteiger partial charge is 0.122 e. The van der Waals surface area contributed by atoms with E-state index >= 15 is 0 Å². The van der Waals surface area contributed by atoms with Gasteiger partial charge < -0.3 is 20.1 Å². The summed E-state index contributed by atoms with van der Waals surface area (Å²) in [7, 11) is 2.22. The summed E-state index contributed by atoms with van der Waals surface area (Å²) in [4.78, 5) is 2.46. The second-order valence-electron chi connectivity index (χ2n) is 8.90. The Hall–Kier alpha value is -1.10. The van der Waals surface area contributed by atoms with Crippen LogP contribution in [0.25, 0.3) is 0 Å². The molecule has 0 radical (unpaired) electrons. The number of ether oxygens (including phenoxy) is 1. The van der Waals surface area contributed by atoms with Crippen LogP contribution in [-0.2, 0) is 6.42 Å². The minimum absolute atomic E-state index is 0.189. The number of benzene rings is 1. The van der Waals surface area contributed by atoms with Gasteiger partial charge >= 0.3 is 0 Å². The predicted octanol–water partition coefficient (Wildman–Crippen LogP) is 2.75. The predicted molar refractivity (Wildman–Crippen MR) is 99.9 cm³/mol. The number of rotatable bonds is 4. The molecule has 2 N–H and O–H groups in total. The number of hydrogen-bond donors (Lipinski definition) is 2. The van der Waals surface area contributed by atoms with Crippen LogP contribution in [0.2, 0.25) is 0 Å². The third-order valence-corrected chi connectivity index (χ3v) is 6.68. The van der Waals surface area contributed by atoms with E-state index in [2.05, 4.69) is 56.2 Å². The van der Waals surface area contributed by atoms with Crippen LogP contribution in [0.5, 0.6) is 5.75 Å². The lowest BCUT2D eigenvalue weighted by Gasteiger charge is -2.57. The molecule has 3 aliphatic rings. The van der Waals surface area contributed by atoms with Crippen molar-refractivity contribution in [2.75, 3.05) is 20.2 Å². The van der Waals surface area contributed by atoms with Gasteiger partial charge in [0.2, 0.25) is 0 Å². The van der Waals surface area contributed by atoms with Gasteiger partial charge in [-0.1, -0.05) is 26.0 Å². The van der Waals surface area contributed by atoms with E-state index in [0.29, 0.717) is 17.4 Å². The molecule has 5 atom stereocenters. The first-order chi connectivity index (χ1) is 11.9. The van der Waals surface area contributed by atoms with Gasteiger partial charge in [0.15, 0.2) is 0 Å². The average molecular weight is 344 g/mol. The zero-order valence-corrected chi connectivity index (χ0v) is 16.0. The van der Waals surface area contributed by atoms with Crippen molar-refractivity contribution in [1.82, 2.24) is 10.2 Å². The number of aliphatic hydroxyl groups is 1. The summed E-state index contributed by atoms with van der Waals surface area (Å²) in [6.45, 7) is 8.75. The summed E-state index contributed by atoms with van der Waals surface area (Å²) in [6, 6.07) is 7.56. The molecule has 138 valence electrons. The quantitative estimate of drug-likeness (QED) is 0.882. The molecule has 1 aromatic carbocycles. The fraction of sp³-hybridized carbons (Fsp3) is 0.714. The largest absolute Gasteiger partial charge is 0.493 e. The Kier molecular flexibility index (Phi) is 4.33. The summed E-state index contributed by atoms with van der Waals surface area (Å²) >= 11 is 0. The van der Waals surface area contributed by atoms with Crippen molar-refractivity contribution in [1.29, 1.82) is 0 Å². The van der Waals surface area contributed by atoms with Gasteiger partial charge in [-0.05, 0) is 49.9 Å². The van der Waals surface area contributed by atoms with E-state index in [1.54, 1.807) is 0 Å². The van der Waals surface area contributed by atoms with E-state index in [4.69, 9.17) is 4.74 Å². The third-order valence-electron chi connectivity index (χ3n) is 6.68. The Balaban J connectivity index is 1.44. The summed E-state index contributed by atoms with van der Waals surface area (Å²) < 4.78 is 5.61. The van der Waals surface area contributed by atoms with Crippen molar-refractivity contribution in [3.8, 4) is 5.75 Å². The molecule has 0 bridgehead atoms. The lowest BCUT2D eigenvalue weighted by molar-refractivity contribution is -0.0828. The fourth-order valence-corrected chi connectivity index (χ4v) is 5.91.